The van der Waals surface area contributed by atoms with E-state index in [9.17, 15) is 5.11 Å². The fraction of sp³-hybridized carbons (Fsp3) is 0.368. The van der Waals surface area contributed by atoms with E-state index in [2.05, 4.69) is 11.9 Å². The summed E-state index contributed by atoms with van der Waals surface area (Å²) in [7, 11) is 2.14. The minimum atomic E-state index is -0.906. The summed E-state index contributed by atoms with van der Waals surface area (Å²) < 4.78 is 0. The van der Waals surface area contributed by atoms with E-state index in [1.165, 1.54) is 0 Å². The third-order valence-corrected chi connectivity index (χ3v) is 4.64. The maximum absolute atomic E-state index is 11.7. The zero-order chi connectivity index (χ0) is 14.7. The fourth-order valence-corrected chi connectivity index (χ4v) is 3.53. The molecule has 110 valence electrons. The van der Waals surface area contributed by atoms with Crippen LogP contribution in [0, 0.1) is 5.92 Å². The molecule has 2 aromatic rings. The van der Waals surface area contributed by atoms with E-state index in [1.807, 2.05) is 60.7 Å². The first-order valence-corrected chi connectivity index (χ1v) is 7.73. The molecule has 2 aromatic carbocycles. The Morgan fingerprint density at radius 1 is 0.952 bits per heavy atom. The molecule has 1 heterocycles. The molecule has 0 unspecified atom stereocenters. The number of aliphatic hydroxyl groups is 1. The second-order valence-corrected chi connectivity index (χ2v) is 6.10. The van der Waals surface area contributed by atoms with Crippen LogP contribution in [0.2, 0.25) is 0 Å². The van der Waals surface area contributed by atoms with Crippen molar-refractivity contribution >= 4 is 0 Å². The molecule has 21 heavy (non-hydrogen) atoms. The highest BCUT2D eigenvalue weighted by Crippen LogP contribution is 2.40. The Morgan fingerprint density at radius 3 is 1.95 bits per heavy atom. The Labute approximate surface area is 127 Å². The van der Waals surface area contributed by atoms with Gasteiger partial charge in [-0.05, 0) is 37.6 Å². The maximum Gasteiger partial charge on any atom is 0.119 e. The van der Waals surface area contributed by atoms with Gasteiger partial charge in [0.2, 0.25) is 0 Å². The molecule has 1 N–H and O–H groups in total. The molecule has 2 heteroatoms. The average Bonchev–Trinajstić information content (AvgIpc) is 2.56. The van der Waals surface area contributed by atoms with Crippen molar-refractivity contribution in [2.24, 2.45) is 5.92 Å². The van der Waals surface area contributed by atoms with Gasteiger partial charge in [-0.3, -0.25) is 0 Å². The van der Waals surface area contributed by atoms with Crippen molar-refractivity contribution in [1.82, 2.24) is 4.90 Å². The van der Waals surface area contributed by atoms with Gasteiger partial charge in [0.15, 0.2) is 0 Å². The van der Waals surface area contributed by atoms with Crippen molar-refractivity contribution < 1.29 is 5.11 Å². The van der Waals surface area contributed by atoms with Crippen LogP contribution >= 0.6 is 0 Å². The molecule has 1 fully saturated rings. The Kier molecular flexibility index (Phi) is 4.09. The third-order valence-electron chi connectivity index (χ3n) is 4.64. The highest BCUT2D eigenvalue weighted by molar-refractivity contribution is 5.37. The van der Waals surface area contributed by atoms with Gasteiger partial charge in [-0.1, -0.05) is 60.7 Å². The zero-order valence-corrected chi connectivity index (χ0v) is 12.6. The van der Waals surface area contributed by atoms with Gasteiger partial charge in [0.05, 0.1) is 0 Å². The van der Waals surface area contributed by atoms with Crippen molar-refractivity contribution in [2.45, 2.75) is 18.4 Å². The van der Waals surface area contributed by atoms with Crippen LogP contribution in [0.5, 0.6) is 0 Å². The summed E-state index contributed by atoms with van der Waals surface area (Å²) in [5.74, 6) is 0.223. The van der Waals surface area contributed by atoms with Crippen molar-refractivity contribution in [3.63, 3.8) is 0 Å². The number of benzene rings is 2. The Balaban J connectivity index is 2.07. The van der Waals surface area contributed by atoms with Gasteiger partial charge in [-0.15, -0.1) is 0 Å². The van der Waals surface area contributed by atoms with Crippen molar-refractivity contribution in [2.75, 3.05) is 20.1 Å². The second-order valence-electron chi connectivity index (χ2n) is 6.10. The first-order chi connectivity index (χ1) is 10.2. The number of likely N-dealkylation sites (tertiary alicyclic amines) is 1. The molecular formula is C19H23NO. The number of hydrogen-bond acceptors (Lipinski definition) is 2. The molecule has 1 aliphatic rings. The Bertz CT molecular complexity index is 527. The summed E-state index contributed by atoms with van der Waals surface area (Å²) in [5, 5.41) is 11.7. The van der Waals surface area contributed by atoms with Gasteiger partial charge in [-0.2, -0.15) is 0 Å². The van der Waals surface area contributed by atoms with E-state index in [4.69, 9.17) is 0 Å². The summed E-state index contributed by atoms with van der Waals surface area (Å²) in [4.78, 5) is 2.32. The van der Waals surface area contributed by atoms with Crippen LogP contribution in [0.15, 0.2) is 60.7 Å². The molecule has 1 saturated heterocycles. The molecule has 1 aliphatic heterocycles. The van der Waals surface area contributed by atoms with Gasteiger partial charge >= 0.3 is 0 Å². The highest BCUT2D eigenvalue weighted by Gasteiger charge is 2.41. The van der Waals surface area contributed by atoms with Gasteiger partial charge in [0, 0.05) is 12.5 Å². The third kappa shape index (κ3) is 2.74. The van der Waals surface area contributed by atoms with Gasteiger partial charge in [0.25, 0.3) is 0 Å². The molecule has 0 aromatic heterocycles. The first-order valence-electron chi connectivity index (χ1n) is 7.73. The fourth-order valence-electron chi connectivity index (χ4n) is 3.53. The van der Waals surface area contributed by atoms with E-state index in [1.54, 1.807) is 0 Å². The van der Waals surface area contributed by atoms with Crippen molar-refractivity contribution in [1.29, 1.82) is 0 Å². The van der Waals surface area contributed by atoms with E-state index in [0.717, 1.165) is 37.1 Å². The summed E-state index contributed by atoms with van der Waals surface area (Å²) >= 11 is 0. The Hall–Kier alpha value is -1.64. The van der Waals surface area contributed by atoms with Crippen LogP contribution in [-0.2, 0) is 5.60 Å². The van der Waals surface area contributed by atoms with Crippen LogP contribution in [-0.4, -0.2) is 30.1 Å². The topological polar surface area (TPSA) is 23.5 Å². The summed E-state index contributed by atoms with van der Waals surface area (Å²) in [6.07, 6.45) is 2.20. The number of rotatable bonds is 3. The molecule has 0 amide bonds. The zero-order valence-electron chi connectivity index (χ0n) is 12.6. The molecule has 0 saturated carbocycles. The lowest BCUT2D eigenvalue weighted by atomic mass is 9.73. The SMILES string of the molecule is CN1CCC[C@H](C(O)(c2ccccc2)c2ccccc2)C1. The van der Waals surface area contributed by atoms with E-state index in [0.29, 0.717) is 0 Å². The van der Waals surface area contributed by atoms with Gasteiger partial charge < -0.3 is 10.0 Å². The summed E-state index contributed by atoms with van der Waals surface area (Å²) in [5.41, 5.74) is 1.09. The van der Waals surface area contributed by atoms with Crippen LogP contribution in [0.25, 0.3) is 0 Å². The van der Waals surface area contributed by atoms with E-state index in [-0.39, 0.29) is 5.92 Å². The van der Waals surface area contributed by atoms with Crippen molar-refractivity contribution in [3.8, 4) is 0 Å². The van der Waals surface area contributed by atoms with Crippen LogP contribution in [0.4, 0.5) is 0 Å². The predicted octanol–water partition coefficient (Wildman–Crippen LogP) is 3.26. The number of piperidine rings is 1. The quantitative estimate of drug-likeness (QED) is 0.933. The number of hydrogen-bond donors (Lipinski definition) is 1. The smallest absolute Gasteiger partial charge is 0.119 e. The molecule has 0 radical (unpaired) electrons. The molecule has 0 aliphatic carbocycles. The average molecular weight is 281 g/mol. The minimum absolute atomic E-state index is 0.223. The molecule has 2 nitrogen and oxygen atoms in total. The van der Waals surface area contributed by atoms with Crippen molar-refractivity contribution in [3.05, 3.63) is 71.8 Å². The van der Waals surface area contributed by atoms with Crippen LogP contribution in [0.1, 0.15) is 24.0 Å². The maximum atomic E-state index is 11.7. The normalized spacial score (nSPS) is 20.4. The second kappa shape index (κ2) is 6.00. The van der Waals surface area contributed by atoms with Gasteiger partial charge in [-0.25, -0.2) is 0 Å². The summed E-state index contributed by atoms with van der Waals surface area (Å²) in [6.45, 7) is 2.05. The highest BCUT2D eigenvalue weighted by atomic mass is 16.3. The van der Waals surface area contributed by atoms with Crippen LogP contribution < -0.4 is 0 Å². The van der Waals surface area contributed by atoms with Gasteiger partial charge in [0.1, 0.15) is 5.60 Å². The predicted molar refractivity (Wildman–Crippen MR) is 86.1 cm³/mol. The molecule has 0 spiro atoms. The lowest BCUT2D eigenvalue weighted by molar-refractivity contribution is -0.0151. The van der Waals surface area contributed by atoms with E-state index < -0.39 is 5.60 Å². The molecule has 1 atom stereocenters. The largest absolute Gasteiger partial charge is 0.380 e. The minimum Gasteiger partial charge on any atom is -0.380 e. The lowest BCUT2D eigenvalue weighted by Crippen LogP contribution is -2.45. The Morgan fingerprint density at radius 2 is 1.48 bits per heavy atom. The molecular weight excluding hydrogens is 258 g/mol. The van der Waals surface area contributed by atoms with Crippen LogP contribution in [0.3, 0.4) is 0 Å². The monoisotopic (exact) mass is 281 g/mol. The lowest BCUT2D eigenvalue weighted by Gasteiger charge is -2.42. The first kappa shape index (κ1) is 14.3. The van der Waals surface area contributed by atoms with E-state index >= 15 is 0 Å². The molecule has 0 bridgehead atoms. The molecule has 3 rings (SSSR count). The summed E-state index contributed by atoms with van der Waals surface area (Å²) in [6, 6.07) is 20.2. The number of nitrogens with zero attached hydrogens (tertiary/aromatic N) is 1. The standard InChI is InChI=1S/C19H23NO/c1-20-14-8-13-18(15-20)19(21,16-9-4-2-5-10-16)17-11-6-3-7-12-17/h2-7,9-12,18,21H,8,13-15H2,1H3/t18-/m0/s1.